The lowest BCUT2D eigenvalue weighted by Gasteiger charge is -2.33. The SMILES string of the molecule is CCc1ccc(-n2nc(N3CCC[C@H](C(=O)N[C@H](C)c4ccccc4)C3)ccc2=O)cc1. The van der Waals surface area contributed by atoms with E-state index in [1.165, 1.54) is 10.2 Å². The van der Waals surface area contributed by atoms with Gasteiger partial charge in [-0.3, -0.25) is 9.59 Å². The molecule has 1 aliphatic heterocycles. The number of carbonyl (C=O) groups is 1. The Morgan fingerprint density at radius 2 is 1.84 bits per heavy atom. The average Bonchev–Trinajstić information content (AvgIpc) is 2.85. The van der Waals surface area contributed by atoms with Crippen molar-refractivity contribution in [2.24, 2.45) is 5.92 Å². The summed E-state index contributed by atoms with van der Waals surface area (Å²) in [6.07, 6.45) is 2.70. The molecule has 6 nitrogen and oxygen atoms in total. The number of anilines is 1. The van der Waals surface area contributed by atoms with Crippen LogP contribution in [0.25, 0.3) is 5.69 Å². The van der Waals surface area contributed by atoms with Gasteiger partial charge < -0.3 is 10.2 Å². The van der Waals surface area contributed by atoms with E-state index in [0.29, 0.717) is 6.54 Å². The molecule has 32 heavy (non-hydrogen) atoms. The number of carbonyl (C=O) groups excluding carboxylic acids is 1. The third kappa shape index (κ3) is 4.90. The molecule has 1 amide bonds. The molecule has 0 aliphatic carbocycles. The van der Waals surface area contributed by atoms with Gasteiger partial charge in [0.15, 0.2) is 0 Å². The fraction of sp³-hybridized carbons (Fsp3) is 0.346. The molecule has 0 unspecified atom stereocenters. The van der Waals surface area contributed by atoms with Crippen molar-refractivity contribution in [1.29, 1.82) is 0 Å². The van der Waals surface area contributed by atoms with Crippen molar-refractivity contribution in [3.63, 3.8) is 0 Å². The van der Waals surface area contributed by atoms with E-state index < -0.39 is 0 Å². The fourth-order valence-electron chi connectivity index (χ4n) is 4.18. The van der Waals surface area contributed by atoms with Crippen molar-refractivity contribution in [3.8, 4) is 5.69 Å². The van der Waals surface area contributed by atoms with E-state index in [4.69, 9.17) is 0 Å². The Kier molecular flexibility index (Phi) is 6.69. The number of amides is 1. The van der Waals surface area contributed by atoms with E-state index in [0.717, 1.165) is 42.9 Å². The van der Waals surface area contributed by atoms with Crippen LogP contribution in [0.4, 0.5) is 5.82 Å². The number of aromatic nitrogens is 2. The van der Waals surface area contributed by atoms with Crippen LogP contribution in [-0.2, 0) is 11.2 Å². The van der Waals surface area contributed by atoms with Gasteiger partial charge in [0.2, 0.25) is 5.91 Å². The molecule has 3 aromatic rings. The number of nitrogens with zero attached hydrogens (tertiary/aromatic N) is 3. The average molecular weight is 431 g/mol. The van der Waals surface area contributed by atoms with Gasteiger partial charge in [0, 0.05) is 19.2 Å². The first-order valence-electron chi connectivity index (χ1n) is 11.3. The molecule has 0 bridgehead atoms. The lowest BCUT2D eigenvalue weighted by molar-refractivity contribution is -0.125. The summed E-state index contributed by atoms with van der Waals surface area (Å²) >= 11 is 0. The molecule has 1 fully saturated rings. The minimum atomic E-state index is -0.166. The summed E-state index contributed by atoms with van der Waals surface area (Å²) in [5, 5.41) is 7.78. The molecular formula is C26H30N4O2. The zero-order valence-corrected chi connectivity index (χ0v) is 18.7. The number of nitrogens with one attached hydrogen (secondary N) is 1. The van der Waals surface area contributed by atoms with E-state index in [1.54, 1.807) is 12.1 Å². The van der Waals surface area contributed by atoms with Crippen LogP contribution in [0.5, 0.6) is 0 Å². The summed E-state index contributed by atoms with van der Waals surface area (Å²) in [7, 11) is 0. The third-order valence-corrected chi connectivity index (χ3v) is 6.15. The Morgan fingerprint density at radius 1 is 1.09 bits per heavy atom. The highest BCUT2D eigenvalue weighted by Gasteiger charge is 2.27. The topological polar surface area (TPSA) is 67.2 Å². The maximum Gasteiger partial charge on any atom is 0.271 e. The molecule has 2 aromatic carbocycles. The minimum absolute atomic E-state index is 0.0369. The standard InChI is InChI=1S/C26H30N4O2/c1-3-20-11-13-23(14-12-20)30-25(31)16-15-24(28-30)29-17-7-10-22(18-29)26(32)27-19(2)21-8-5-4-6-9-21/h4-6,8-9,11-16,19,22H,3,7,10,17-18H2,1-2H3,(H,27,32)/t19-,22+/m1/s1. The summed E-state index contributed by atoms with van der Waals surface area (Å²) in [5.74, 6) is 0.674. The van der Waals surface area contributed by atoms with Crippen molar-refractivity contribution >= 4 is 11.7 Å². The molecular weight excluding hydrogens is 400 g/mol. The van der Waals surface area contributed by atoms with E-state index in [9.17, 15) is 9.59 Å². The van der Waals surface area contributed by atoms with Gasteiger partial charge >= 0.3 is 0 Å². The van der Waals surface area contributed by atoms with Crippen molar-refractivity contribution in [3.05, 3.63) is 88.2 Å². The van der Waals surface area contributed by atoms with Gasteiger partial charge in [0.25, 0.3) is 5.56 Å². The summed E-state index contributed by atoms with van der Waals surface area (Å²) in [4.78, 5) is 27.5. The maximum absolute atomic E-state index is 12.9. The van der Waals surface area contributed by atoms with Crippen LogP contribution in [0.2, 0.25) is 0 Å². The predicted octanol–water partition coefficient (Wildman–Crippen LogP) is 3.89. The molecule has 6 heteroatoms. The largest absolute Gasteiger partial charge is 0.354 e. The third-order valence-electron chi connectivity index (χ3n) is 6.15. The number of piperidine rings is 1. The zero-order valence-electron chi connectivity index (χ0n) is 18.7. The highest BCUT2D eigenvalue weighted by atomic mass is 16.2. The Balaban J connectivity index is 1.48. The molecule has 1 aromatic heterocycles. The van der Waals surface area contributed by atoms with Crippen molar-refractivity contribution in [1.82, 2.24) is 15.1 Å². The van der Waals surface area contributed by atoms with Crippen LogP contribution in [0.3, 0.4) is 0 Å². The Labute approximate surface area is 188 Å². The van der Waals surface area contributed by atoms with Crippen LogP contribution in [0.15, 0.2) is 71.5 Å². The second-order valence-corrected chi connectivity index (χ2v) is 8.39. The van der Waals surface area contributed by atoms with Crippen LogP contribution in [-0.4, -0.2) is 28.8 Å². The number of benzene rings is 2. The number of aryl methyl sites for hydroxylation is 1. The van der Waals surface area contributed by atoms with Gasteiger partial charge in [0.1, 0.15) is 5.82 Å². The quantitative estimate of drug-likeness (QED) is 0.644. The van der Waals surface area contributed by atoms with Gasteiger partial charge in [-0.15, -0.1) is 5.10 Å². The second-order valence-electron chi connectivity index (χ2n) is 8.39. The van der Waals surface area contributed by atoms with Crippen LogP contribution in [0, 0.1) is 5.92 Å². The molecule has 2 heterocycles. The fourth-order valence-corrected chi connectivity index (χ4v) is 4.18. The number of hydrogen-bond donors (Lipinski definition) is 1. The smallest absolute Gasteiger partial charge is 0.271 e. The van der Waals surface area contributed by atoms with E-state index in [-0.39, 0.29) is 23.4 Å². The number of hydrogen-bond acceptors (Lipinski definition) is 4. The van der Waals surface area contributed by atoms with Crippen molar-refractivity contribution in [2.45, 2.75) is 39.2 Å². The maximum atomic E-state index is 12.9. The molecule has 1 aliphatic rings. The van der Waals surface area contributed by atoms with E-state index in [1.807, 2.05) is 61.5 Å². The molecule has 1 saturated heterocycles. The summed E-state index contributed by atoms with van der Waals surface area (Å²) < 4.78 is 1.44. The summed E-state index contributed by atoms with van der Waals surface area (Å²) in [5.41, 5.74) is 2.89. The highest BCUT2D eigenvalue weighted by Crippen LogP contribution is 2.23. The van der Waals surface area contributed by atoms with E-state index >= 15 is 0 Å². The van der Waals surface area contributed by atoms with Gasteiger partial charge in [-0.2, -0.15) is 4.68 Å². The molecule has 0 saturated carbocycles. The lowest BCUT2D eigenvalue weighted by Crippen LogP contribution is -2.44. The Hall–Kier alpha value is -3.41. The highest BCUT2D eigenvalue weighted by molar-refractivity contribution is 5.80. The van der Waals surface area contributed by atoms with Gasteiger partial charge in [-0.25, -0.2) is 0 Å². The number of rotatable bonds is 6. The van der Waals surface area contributed by atoms with Crippen LogP contribution >= 0.6 is 0 Å². The van der Waals surface area contributed by atoms with Crippen molar-refractivity contribution in [2.75, 3.05) is 18.0 Å². The molecule has 166 valence electrons. The first-order valence-corrected chi connectivity index (χ1v) is 11.3. The van der Waals surface area contributed by atoms with E-state index in [2.05, 4.69) is 22.2 Å². The predicted molar refractivity (Wildman–Crippen MR) is 127 cm³/mol. The molecule has 2 atom stereocenters. The summed E-state index contributed by atoms with van der Waals surface area (Å²) in [6, 6.07) is 21.2. The molecule has 0 spiro atoms. The van der Waals surface area contributed by atoms with Gasteiger partial charge in [-0.1, -0.05) is 49.4 Å². The molecule has 1 N–H and O–H groups in total. The lowest BCUT2D eigenvalue weighted by atomic mass is 9.96. The second kappa shape index (κ2) is 9.81. The van der Waals surface area contributed by atoms with Crippen molar-refractivity contribution < 1.29 is 4.79 Å². The van der Waals surface area contributed by atoms with Gasteiger partial charge in [0.05, 0.1) is 17.6 Å². The minimum Gasteiger partial charge on any atom is -0.354 e. The van der Waals surface area contributed by atoms with Crippen LogP contribution in [0.1, 0.15) is 43.9 Å². The monoisotopic (exact) mass is 430 g/mol. The normalized spacial score (nSPS) is 17.1. The van der Waals surface area contributed by atoms with Gasteiger partial charge in [-0.05, 0) is 55.5 Å². The Morgan fingerprint density at radius 3 is 2.56 bits per heavy atom. The van der Waals surface area contributed by atoms with Crippen LogP contribution < -0.4 is 15.8 Å². The zero-order chi connectivity index (χ0) is 22.5. The Bertz CT molecular complexity index is 1110. The molecule has 0 radical (unpaired) electrons. The summed E-state index contributed by atoms with van der Waals surface area (Å²) in [6.45, 7) is 5.52. The first-order chi connectivity index (χ1) is 15.5. The molecule has 4 rings (SSSR count). The first kappa shape index (κ1) is 21.8.